The number of rotatable bonds is 10. The molecule has 1 atom stereocenters. The molecule has 0 saturated heterocycles. The average molecular weight is 555 g/mol. The Kier molecular flexibility index (Phi) is 8.96. The molecule has 0 aliphatic carbocycles. The molecular formula is C26H27ClN6O2S2. The number of nitrogens with one attached hydrogen (secondary N) is 2. The van der Waals surface area contributed by atoms with Gasteiger partial charge >= 0.3 is 0 Å². The maximum Gasteiger partial charge on any atom is 0.253 e. The number of thiazole rings is 1. The number of aromatic nitrogens is 4. The Bertz CT molecular complexity index is 1370. The van der Waals surface area contributed by atoms with E-state index < -0.39 is 0 Å². The minimum atomic E-state index is -0.365. The number of thioether (sulfide) groups is 1. The van der Waals surface area contributed by atoms with Crippen LogP contribution in [0.4, 0.5) is 5.13 Å². The zero-order chi connectivity index (χ0) is 26.4. The third kappa shape index (κ3) is 6.97. The fraction of sp³-hybridized carbons (Fsp3) is 0.269. The van der Waals surface area contributed by atoms with Crippen molar-refractivity contribution in [1.82, 2.24) is 25.1 Å². The SMILES string of the molecule is CC(C)C[C@H](NC(=O)c1ccccc1Cl)c1nnc(SCC(=O)Nc2nc(-c3ccccc3)cs2)n1C. The van der Waals surface area contributed by atoms with Crippen molar-refractivity contribution < 1.29 is 9.59 Å². The molecular weight excluding hydrogens is 528 g/mol. The van der Waals surface area contributed by atoms with Crippen LogP contribution in [0, 0.1) is 5.92 Å². The average Bonchev–Trinajstić information content (AvgIpc) is 3.49. The van der Waals surface area contributed by atoms with Crippen LogP contribution in [0.5, 0.6) is 0 Å². The Balaban J connectivity index is 1.39. The molecule has 2 aromatic carbocycles. The maximum atomic E-state index is 12.9. The second-order valence-corrected chi connectivity index (χ2v) is 11.0. The fourth-order valence-electron chi connectivity index (χ4n) is 3.70. The van der Waals surface area contributed by atoms with E-state index >= 15 is 0 Å². The number of hydrogen-bond donors (Lipinski definition) is 2. The zero-order valence-corrected chi connectivity index (χ0v) is 23.0. The lowest BCUT2D eigenvalue weighted by Crippen LogP contribution is -2.31. The molecule has 8 nitrogen and oxygen atoms in total. The number of hydrogen-bond acceptors (Lipinski definition) is 7. The number of carbonyl (C=O) groups is 2. The van der Waals surface area contributed by atoms with Gasteiger partial charge in [0.25, 0.3) is 5.91 Å². The number of amides is 2. The van der Waals surface area contributed by atoms with Crippen LogP contribution in [0.3, 0.4) is 0 Å². The first kappa shape index (κ1) is 26.8. The molecule has 2 amide bonds. The van der Waals surface area contributed by atoms with Gasteiger partial charge < -0.3 is 15.2 Å². The molecule has 0 spiro atoms. The molecule has 0 fully saturated rings. The lowest BCUT2D eigenvalue weighted by atomic mass is 10.0. The van der Waals surface area contributed by atoms with Crippen LogP contribution in [-0.4, -0.2) is 37.3 Å². The Morgan fingerprint density at radius 1 is 1.08 bits per heavy atom. The van der Waals surface area contributed by atoms with E-state index in [9.17, 15) is 9.59 Å². The first-order valence-electron chi connectivity index (χ1n) is 11.7. The summed E-state index contributed by atoms with van der Waals surface area (Å²) in [6, 6.07) is 16.4. The number of carbonyl (C=O) groups excluding carboxylic acids is 2. The van der Waals surface area contributed by atoms with E-state index in [1.165, 1.54) is 23.1 Å². The van der Waals surface area contributed by atoms with Crippen LogP contribution in [0.15, 0.2) is 65.1 Å². The van der Waals surface area contributed by atoms with E-state index in [0.29, 0.717) is 39.0 Å². The van der Waals surface area contributed by atoms with Crippen molar-refractivity contribution >= 4 is 51.6 Å². The number of anilines is 1. The van der Waals surface area contributed by atoms with Gasteiger partial charge in [-0.3, -0.25) is 9.59 Å². The molecule has 0 saturated carbocycles. The summed E-state index contributed by atoms with van der Waals surface area (Å²) in [6.07, 6.45) is 0.668. The monoisotopic (exact) mass is 554 g/mol. The van der Waals surface area contributed by atoms with E-state index in [4.69, 9.17) is 11.6 Å². The third-order valence-electron chi connectivity index (χ3n) is 5.46. The van der Waals surface area contributed by atoms with E-state index in [0.717, 1.165) is 11.3 Å². The van der Waals surface area contributed by atoms with Crippen molar-refractivity contribution in [3.8, 4) is 11.3 Å². The molecule has 0 bridgehead atoms. The van der Waals surface area contributed by atoms with Gasteiger partial charge in [-0.2, -0.15) is 0 Å². The van der Waals surface area contributed by atoms with Gasteiger partial charge in [-0.15, -0.1) is 21.5 Å². The van der Waals surface area contributed by atoms with Gasteiger partial charge in [0.05, 0.1) is 28.1 Å². The van der Waals surface area contributed by atoms with Gasteiger partial charge in [-0.25, -0.2) is 4.98 Å². The first-order chi connectivity index (χ1) is 17.8. The van der Waals surface area contributed by atoms with Crippen LogP contribution in [-0.2, 0) is 11.8 Å². The largest absolute Gasteiger partial charge is 0.342 e. The minimum Gasteiger partial charge on any atom is -0.342 e. The number of halogens is 1. The summed E-state index contributed by atoms with van der Waals surface area (Å²) in [4.78, 5) is 30.0. The molecule has 37 heavy (non-hydrogen) atoms. The molecule has 2 heterocycles. The Labute approximate surface area is 228 Å². The third-order valence-corrected chi connectivity index (χ3v) is 7.57. The Hall–Kier alpha value is -3.21. The molecule has 0 unspecified atom stereocenters. The normalized spacial score (nSPS) is 11.9. The Morgan fingerprint density at radius 2 is 1.81 bits per heavy atom. The van der Waals surface area contributed by atoms with Gasteiger partial charge in [0.2, 0.25) is 5.91 Å². The van der Waals surface area contributed by atoms with Gasteiger partial charge in [-0.1, -0.05) is 79.7 Å². The van der Waals surface area contributed by atoms with Crippen molar-refractivity contribution in [1.29, 1.82) is 0 Å². The molecule has 11 heteroatoms. The van der Waals surface area contributed by atoms with Gasteiger partial charge in [0.1, 0.15) is 0 Å². The van der Waals surface area contributed by atoms with E-state index in [-0.39, 0.29) is 23.6 Å². The number of benzene rings is 2. The van der Waals surface area contributed by atoms with Crippen LogP contribution in [0.25, 0.3) is 11.3 Å². The first-order valence-corrected chi connectivity index (χ1v) is 13.9. The maximum absolute atomic E-state index is 12.9. The summed E-state index contributed by atoms with van der Waals surface area (Å²) >= 11 is 8.87. The van der Waals surface area contributed by atoms with Crippen molar-refractivity contribution in [2.45, 2.75) is 31.5 Å². The highest BCUT2D eigenvalue weighted by atomic mass is 35.5. The highest BCUT2D eigenvalue weighted by Gasteiger charge is 2.24. The standard InChI is InChI=1S/C26H27ClN6O2S2/c1-16(2)13-20(28-24(35)18-11-7-8-12-19(18)27)23-31-32-26(33(23)3)37-15-22(34)30-25-29-21(14-36-25)17-9-5-4-6-10-17/h4-12,14,16,20H,13,15H2,1-3H3,(H,28,35)(H,29,30,34)/t20-/m0/s1. The van der Waals surface area contributed by atoms with Crippen LogP contribution >= 0.6 is 34.7 Å². The smallest absolute Gasteiger partial charge is 0.253 e. The van der Waals surface area contributed by atoms with Crippen molar-refractivity contribution in [2.75, 3.05) is 11.1 Å². The Morgan fingerprint density at radius 3 is 2.54 bits per heavy atom. The molecule has 0 aliphatic rings. The lowest BCUT2D eigenvalue weighted by molar-refractivity contribution is -0.113. The predicted octanol–water partition coefficient (Wildman–Crippen LogP) is 5.84. The summed E-state index contributed by atoms with van der Waals surface area (Å²) in [5, 5.41) is 17.9. The molecule has 2 aromatic heterocycles. The fourth-order valence-corrected chi connectivity index (χ4v) is 5.37. The summed E-state index contributed by atoms with van der Waals surface area (Å²) in [7, 11) is 1.83. The summed E-state index contributed by atoms with van der Waals surface area (Å²) < 4.78 is 1.81. The summed E-state index contributed by atoms with van der Waals surface area (Å²) in [5.41, 5.74) is 2.23. The topological polar surface area (TPSA) is 102 Å². The predicted molar refractivity (Wildman–Crippen MR) is 149 cm³/mol. The van der Waals surface area contributed by atoms with Crippen molar-refractivity contribution in [2.24, 2.45) is 13.0 Å². The van der Waals surface area contributed by atoms with Gasteiger partial charge in [-0.05, 0) is 24.5 Å². The zero-order valence-electron chi connectivity index (χ0n) is 20.6. The molecule has 0 radical (unpaired) electrons. The summed E-state index contributed by atoms with van der Waals surface area (Å²) in [6.45, 7) is 4.15. The second-order valence-electron chi connectivity index (χ2n) is 8.78. The van der Waals surface area contributed by atoms with Gasteiger partial charge in [0.15, 0.2) is 16.1 Å². The van der Waals surface area contributed by atoms with Crippen molar-refractivity contribution in [3.63, 3.8) is 0 Å². The number of nitrogens with zero attached hydrogens (tertiary/aromatic N) is 4. The molecule has 0 aliphatic heterocycles. The van der Waals surface area contributed by atoms with E-state index in [2.05, 4.69) is 39.7 Å². The van der Waals surface area contributed by atoms with Gasteiger partial charge in [0, 0.05) is 18.0 Å². The van der Waals surface area contributed by atoms with Crippen molar-refractivity contribution in [3.05, 3.63) is 76.4 Å². The molecule has 192 valence electrons. The lowest BCUT2D eigenvalue weighted by Gasteiger charge is -2.20. The molecule has 4 rings (SSSR count). The van der Waals surface area contributed by atoms with Crippen LogP contribution < -0.4 is 10.6 Å². The highest BCUT2D eigenvalue weighted by molar-refractivity contribution is 7.99. The second kappa shape index (κ2) is 12.4. The quantitative estimate of drug-likeness (QED) is 0.239. The van der Waals surface area contributed by atoms with Crippen LogP contribution in [0.1, 0.15) is 42.5 Å². The van der Waals surface area contributed by atoms with E-state index in [1.807, 2.05) is 47.3 Å². The molecule has 2 N–H and O–H groups in total. The minimum absolute atomic E-state index is 0.146. The van der Waals surface area contributed by atoms with E-state index in [1.54, 1.807) is 24.3 Å². The van der Waals surface area contributed by atoms with Crippen LogP contribution in [0.2, 0.25) is 5.02 Å². The highest BCUT2D eigenvalue weighted by Crippen LogP contribution is 2.27. The summed E-state index contributed by atoms with van der Waals surface area (Å²) in [5.74, 6) is 0.603. The molecule has 4 aromatic rings.